The quantitative estimate of drug-likeness (QED) is 0.205. The van der Waals surface area contributed by atoms with Gasteiger partial charge in [-0.05, 0) is 0 Å². The summed E-state index contributed by atoms with van der Waals surface area (Å²) in [6.45, 7) is 6.19. The predicted molar refractivity (Wildman–Crippen MR) is 142 cm³/mol. The molecule has 0 unspecified atom stereocenters. The lowest BCUT2D eigenvalue weighted by Crippen LogP contribution is -2.64. The van der Waals surface area contributed by atoms with Crippen LogP contribution in [0, 0.1) is 0 Å². The molecule has 0 aromatic heterocycles. The van der Waals surface area contributed by atoms with Gasteiger partial charge in [0.25, 0.3) is 0 Å². The van der Waals surface area contributed by atoms with Crippen molar-refractivity contribution in [1.29, 1.82) is 0 Å². The molecule has 0 amide bonds. The molecule has 0 radical (unpaired) electrons. The lowest BCUT2D eigenvalue weighted by atomic mass is 10.00. The summed E-state index contributed by atoms with van der Waals surface area (Å²) in [6.07, 6.45) is -9.63. The van der Waals surface area contributed by atoms with Crippen LogP contribution in [0.2, 0.25) is 0 Å². The third kappa shape index (κ3) is 10.6. The molecule has 2 fully saturated rings. The number of carbonyl (C=O) groups excluding carboxylic acids is 6. The second kappa shape index (κ2) is 16.7. The first-order chi connectivity index (χ1) is 20.2. The fourth-order valence-corrected chi connectivity index (χ4v) is 6.29. The highest BCUT2D eigenvalue weighted by Crippen LogP contribution is 2.42. The van der Waals surface area contributed by atoms with Gasteiger partial charge in [0, 0.05) is 55.8 Å². The van der Waals surface area contributed by atoms with E-state index in [1.54, 1.807) is 0 Å². The molecule has 17 heteroatoms. The van der Waals surface area contributed by atoms with Crippen LogP contribution >= 0.6 is 11.8 Å². The monoisotopic (exact) mass is 638 g/mol. The summed E-state index contributed by atoms with van der Waals surface area (Å²) in [6, 6.07) is 0. The lowest BCUT2D eigenvalue weighted by Gasteiger charge is -2.48. The highest BCUT2D eigenvalue weighted by Gasteiger charge is 2.56. The van der Waals surface area contributed by atoms with Gasteiger partial charge in [0.15, 0.2) is 37.0 Å². The predicted octanol–water partition coefficient (Wildman–Crippen LogP) is 0.0524. The molecule has 2 aliphatic heterocycles. The van der Waals surface area contributed by atoms with Crippen molar-refractivity contribution in [3.8, 4) is 0 Å². The zero-order chi connectivity index (χ0) is 32.4. The van der Waals surface area contributed by atoms with E-state index in [2.05, 4.69) is 0 Å². The third-order valence-corrected chi connectivity index (χ3v) is 7.68. The van der Waals surface area contributed by atoms with Gasteiger partial charge in [-0.3, -0.25) is 28.8 Å². The molecule has 10 atom stereocenters. The molecule has 16 nitrogen and oxygen atoms in total. The van der Waals surface area contributed by atoms with Crippen molar-refractivity contribution in [1.82, 2.24) is 0 Å². The summed E-state index contributed by atoms with van der Waals surface area (Å²) in [5, 5.41) is -2.03. The molecule has 244 valence electrons. The van der Waals surface area contributed by atoms with Gasteiger partial charge < -0.3 is 47.4 Å². The van der Waals surface area contributed by atoms with E-state index in [9.17, 15) is 28.8 Å². The Morgan fingerprint density at radius 3 is 1.07 bits per heavy atom. The van der Waals surface area contributed by atoms with Crippen LogP contribution in [0.5, 0.6) is 0 Å². The van der Waals surface area contributed by atoms with Crippen molar-refractivity contribution in [2.24, 2.45) is 0 Å². The van der Waals surface area contributed by atoms with E-state index in [0.29, 0.717) is 0 Å². The lowest BCUT2D eigenvalue weighted by molar-refractivity contribution is -0.261. The molecule has 0 aromatic rings. The van der Waals surface area contributed by atoms with Crippen molar-refractivity contribution in [2.45, 2.75) is 101 Å². The van der Waals surface area contributed by atoms with Gasteiger partial charge in [-0.25, -0.2) is 0 Å². The van der Waals surface area contributed by atoms with Gasteiger partial charge in [-0.15, -0.1) is 11.8 Å². The zero-order valence-electron chi connectivity index (χ0n) is 25.1. The number of esters is 6. The molecule has 0 aliphatic carbocycles. The molecule has 0 spiro atoms. The van der Waals surface area contributed by atoms with Crippen LogP contribution in [0.25, 0.3) is 0 Å². The van der Waals surface area contributed by atoms with Crippen LogP contribution in [0.1, 0.15) is 41.5 Å². The van der Waals surface area contributed by atoms with Crippen LogP contribution in [0.3, 0.4) is 0 Å². The average molecular weight is 639 g/mol. The number of thioether (sulfide) groups is 1. The Morgan fingerprint density at radius 1 is 0.512 bits per heavy atom. The molecular weight excluding hydrogens is 600 g/mol. The molecule has 0 bridgehead atoms. The fraction of sp³-hybridized carbons (Fsp3) is 0.769. The Kier molecular flexibility index (Phi) is 14.1. The van der Waals surface area contributed by atoms with Gasteiger partial charge in [0.2, 0.25) is 0 Å². The second-order valence-corrected chi connectivity index (χ2v) is 10.9. The SMILES string of the molecule is CO[C@H]1O[C@H](COC(C)=O)[C@@H](OC(C)=O)[C@H](OC(C)=O)[C@@H]1S[C@@H]1[C@@H](OC)O[C@H](COC(C)=O)[C@@H](OC(C)=O)[C@@H]1OC(C)=O. The van der Waals surface area contributed by atoms with Crippen molar-refractivity contribution < 1.29 is 76.1 Å². The highest BCUT2D eigenvalue weighted by molar-refractivity contribution is 8.00. The number of carbonyl (C=O) groups is 6. The van der Waals surface area contributed by atoms with E-state index in [0.717, 1.165) is 39.5 Å². The van der Waals surface area contributed by atoms with Gasteiger partial charge in [-0.1, -0.05) is 0 Å². The molecular formula is C26H38O16S. The maximum absolute atomic E-state index is 12.3. The van der Waals surface area contributed by atoms with Crippen LogP contribution in [-0.2, 0) is 76.1 Å². The summed E-state index contributed by atoms with van der Waals surface area (Å²) in [4.78, 5) is 71.8. The van der Waals surface area contributed by atoms with Crippen LogP contribution < -0.4 is 0 Å². The minimum Gasteiger partial charge on any atom is -0.463 e. The summed E-state index contributed by atoms with van der Waals surface area (Å²) in [7, 11) is 2.62. The van der Waals surface area contributed by atoms with Crippen molar-refractivity contribution in [2.75, 3.05) is 27.4 Å². The Morgan fingerprint density at radius 2 is 0.814 bits per heavy atom. The van der Waals surface area contributed by atoms with E-state index in [1.165, 1.54) is 28.1 Å². The Bertz CT molecular complexity index is 941. The molecule has 43 heavy (non-hydrogen) atoms. The Labute approximate surface area is 252 Å². The number of methoxy groups -OCH3 is 2. The normalized spacial score (nSPS) is 32.1. The van der Waals surface area contributed by atoms with E-state index in [1.807, 2.05) is 0 Å². The van der Waals surface area contributed by atoms with Gasteiger partial charge in [0.1, 0.15) is 25.4 Å². The molecule has 0 N–H and O–H groups in total. The number of hydrogen-bond donors (Lipinski definition) is 0. The minimum atomic E-state index is -1.27. The second-order valence-electron chi connectivity index (χ2n) is 9.52. The molecule has 0 saturated carbocycles. The minimum absolute atomic E-state index is 0.363. The zero-order valence-corrected chi connectivity index (χ0v) is 25.9. The first kappa shape index (κ1) is 36.2. The maximum atomic E-state index is 12.3. The summed E-state index contributed by atoms with van der Waals surface area (Å²) in [5.74, 6) is -4.23. The van der Waals surface area contributed by atoms with Gasteiger partial charge >= 0.3 is 35.8 Å². The molecule has 2 saturated heterocycles. The number of ether oxygens (including phenoxy) is 10. The van der Waals surface area contributed by atoms with Crippen LogP contribution in [-0.4, -0.2) is 123 Å². The number of hydrogen-bond acceptors (Lipinski definition) is 17. The first-order valence-corrected chi connectivity index (χ1v) is 14.1. The summed E-state index contributed by atoms with van der Waals surface area (Å²) < 4.78 is 55.5. The van der Waals surface area contributed by atoms with E-state index >= 15 is 0 Å². The average Bonchev–Trinajstić information content (AvgIpc) is 2.89. The highest BCUT2D eigenvalue weighted by atomic mass is 32.2. The van der Waals surface area contributed by atoms with Gasteiger partial charge in [0.05, 0.1) is 10.5 Å². The fourth-order valence-electron chi connectivity index (χ4n) is 4.59. The standard InChI is InChI=1S/C26H38O16S/c1-11(27)35-9-17-19(37-13(3)29)21(39-15(5)31)23(25(33-7)41-17)43-24-22(40-16(6)32)20(38-14(4)30)18(10-36-12(2)28)42-26(24)34-8/h17-26H,9-10H2,1-8H3/t17-,18-,19-,20-,21+,22+,23+,24+,25+,26+/m1/s1. The van der Waals surface area contributed by atoms with E-state index in [-0.39, 0.29) is 13.2 Å². The number of rotatable bonds is 12. The maximum Gasteiger partial charge on any atom is 0.303 e. The van der Waals surface area contributed by atoms with E-state index < -0.39 is 95.5 Å². The van der Waals surface area contributed by atoms with Crippen molar-refractivity contribution in [3.63, 3.8) is 0 Å². The summed E-state index contributed by atoms with van der Waals surface area (Å²) >= 11 is 0.969. The summed E-state index contributed by atoms with van der Waals surface area (Å²) in [5.41, 5.74) is 0. The molecule has 2 heterocycles. The molecule has 0 aromatic carbocycles. The Hall–Kier alpha value is -2.99. The first-order valence-electron chi connectivity index (χ1n) is 13.2. The van der Waals surface area contributed by atoms with Crippen molar-refractivity contribution in [3.05, 3.63) is 0 Å². The van der Waals surface area contributed by atoms with Gasteiger partial charge in [-0.2, -0.15) is 0 Å². The van der Waals surface area contributed by atoms with Crippen molar-refractivity contribution >= 4 is 47.6 Å². The molecule has 2 aliphatic rings. The van der Waals surface area contributed by atoms with Crippen LogP contribution in [0.15, 0.2) is 0 Å². The Balaban J connectivity index is 2.59. The third-order valence-electron chi connectivity index (χ3n) is 6.07. The van der Waals surface area contributed by atoms with E-state index in [4.69, 9.17) is 47.4 Å². The largest absolute Gasteiger partial charge is 0.463 e. The van der Waals surface area contributed by atoms with Crippen LogP contribution in [0.4, 0.5) is 0 Å². The smallest absolute Gasteiger partial charge is 0.303 e. The topological polar surface area (TPSA) is 195 Å². The molecule has 2 rings (SSSR count).